The molecule has 0 aromatic heterocycles. The van der Waals surface area contributed by atoms with E-state index in [2.05, 4.69) is 15.2 Å². The maximum absolute atomic E-state index is 11.8. The summed E-state index contributed by atoms with van der Waals surface area (Å²) in [5.41, 5.74) is -0.381. The van der Waals surface area contributed by atoms with Crippen LogP contribution in [0.2, 0.25) is 0 Å². The number of ether oxygens (including phenoxy) is 2. The molecule has 0 aliphatic carbocycles. The molecule has 0 unspecified atom stereocenters. The van der Waals surface area contributed by atoms with E-state index in [-0.39, 0.29) is 6.61 Å². The Bertz CT molecular complexity index is 499. The lowest BCUT2D eigenvalue weighted by atomic mass is 10.2. The van der Waals surface area contributed by atoms with Gasteiger partial charge in [0, 0.05) is 0 Å². The van der Waals surface area contributed by atoms with Crippen LogP contribution in [-0.4, -0.2) is 36.5 Å². The summed E-state index contributed by atoms with van der Waals surface area (Å²) in [4.78, 5) is 23.1. The third-order valence-electron chi connectivity index (χ3n) is 2.14. The molecule has 0 atom stereocenters. The van der Waals surface area contributed by atoms with Crippen molar-refractivity contribution >= 4 is 23.3 Å². The summed E-state index contributed by atoms with van der Waals surface area (Å²) in [6.45, 7) is 1.64. The first-order valence-electron chi connectivity index (χ1n) is 5.47. The van der Waals surface area contributed by atoms with Crippen molar-refractivity contribution in [2.75, 3.05) is 19.0 Å². The average Bonchev–Trinajstić information content (AvgIpc) is 2.40. The fourth-order valence-corrected chi connectivity index (χ4v) is 1.31. The minimum Gasteiger partial charge on any atom is -0.495 e. The molecule has 0 aliphatic rings. The van der Waals surface area contributed by atoms with Crippen LogP contribution in [-0.2, 0) is 14.3 Å². The first-order chi connectivity index (χ1) is 9.13. The van der Waals surface area contributed by atoms with Crippen LogP contribution in [0.4, 0.5) is 5.69 Å². The van der Waals surface area contributed by atoms with Gasteiger partial charge in [-0.3, -0.25) is 4.79 Å². The van der Waals surface area contributed by atoms with E-state index < -0.39 is 17.6 Å². The van der Waals surface area contributed by atoms with Gasteiger partial charge in [0.15, 0.2) is 0 Å². The first-order valence-corrected chi connectivity index (χ1v) is 5.47. The quantitative estimate of drug-likeness (QED) is 0.273. The van der Waals surface area contributed by atoms with Crippen LogP contribution in [0.3, 0.4) is 0 Å². The van der Waals surface area contributed by atoms with Crippen LogP contribution in [0.15, 0.2) is 29.4 Å². The van der Waals surface area contributed by atoms with Crippen molar-refractivity contribution in [3.8, 4) is 5.75 Å². The van der Waals surface area contributed by atoms with Gasteiger partial charge in [-0.15, -0.1) is 0 Å². The van der Waals surface area contributed by atoms with E-state index in [0.717, 1.165) is 0 Å². The number of benzene rings is 1. The predicted octanol–water partition coefficient (Wildman–Crippen LogP) is 1.03. The van der Waals surface area contributed by atoms with Gasteiger partial charge in [-0.1, -0.05) is 17.3 Å². The van der Waals surface area contributed by atoms with E-state index in [4.69, 9.17) is 9.94 Å². The molecule has 19 heavy (non-hydrogen) atoms. The number of oxime groups is 1. The number of hydrogen-bond acceptors (Lipinski definition) is 6. The number of hydrogen-bond donors (Lipinski definition) is 2. The number of nitrogens with one attached hydrogen (secondary N) is 1. The number of rotatable bonds is 5. The highest BCUT2D eigenvalue weighted by Crippen LogP contribution is 2.22. The second-order valence-electron chi connectivity index (χ2n) is 3.32. The molecule has 0 spiro atoms. The summed E-state index contributed by atoms with van der Waals surface area (Å²) in [5, 5.41) is 13.7. The van der Waals surface area contributed by atoms with Crippen molar-refractivity contribution in [2.45, 2.75) is 6.92 Å². The Balaban J connectivity index is 2.86. The van der Waals surface area contributed by atoms with Crippen molar-refractivity contribution in [2.24, 2.45) is 5.16 Å². The Morgan fingerprint density at radius 2 is 2.05 bits per heavy atom. The molecule has 102 valence electrons. The SMILES string of the molecule is CCOC(=O)/C(=N/O)C(=O)Nc1ccccc1OC. The maximum Gasteiger partial charge on any atom is 0.366 e. The number of esters is 1. The molecule has 7 heteroatoms. The van der Waals surface area contributed by atoms with Crippen LogP contribution >= 0.6 is 0 Å². The molecule has 0 bridgehead atoms. The number of anilines is 1. The summed E-state index contributed by atoms with van der Waals surface area (Å²) >= 11 is 0. The zero-order valence-corrected chi connectivity index (χ0v) is 10.5. The zero-order chi connectivity index (χ0) is 14.3. The maximum atomic E-state index is 11.8. The van der Waals surface area contributed by atoms with Crippen molar-refractivity contribution in [3.63, 3.8) is 0 Å². The summed E-state index contributed by atoms with van der Waals surface area (Å²) in [5.74, 6) is -1.47. The predicted molar refractivity (Wildman–Crippen MR) is 67.5 cm³/mol. The lowest BCUT2D eigenvalue weighted by Gasteiger charge is -2.09. The average molecular weight is 266 g/mol. The molecule has 1 aromatic rings. The van der Waals surface area contributed by atoms with Gasteiger partial charge in [-0.05, 0) is 19.1 Å². The van der Waals surface area contributed by atoms with Crippen LogP contribution in [0.1, 0.15) is 6.92 Å². The highest BCUT2D eigenvalue weighted by molar-refractivity contribution is 6.65. The number of methoxy groups -OCH3 is 1. The van der Waals surface area contributed by atoms with Gasteiger partial charge < -0.3 is 20.0 Å². The van der Waals surface area contributed by atoms with Crippen LogP contribution in [0.25, 0.3) is 0 Å². The molecular formula is C12H14N2O5. The van der Waals surface area contributed by atoms with Gasteiger partial charge in [0.05, 0.1) is 19.4 Å². The topological polar surface area (TPSA) is 97.2 Å². The van der Waals surface area contributed by atoms with Crippen LogP contribution < -0.4 is 10.1 Å². The highest BCUT2D eigenvalue weighted by atomic mass is 16.5. The van der Waals surface area contributed by atoms with Gasteiger partial charge in [0.25, 0.3) is 11.6 Å². The number of carbonyl (C=O) groups excluding carboxylic acids is 2. The standard InChI is InChI=1S/C12H14N2O5/c1-3-19-12(16)10(14-17)11(15)13-8-6-4-5-7-9(8)18-2/h4-7,17H,3H2,1-2H3,(H,13,15)/b14-10+. The van der Waals surface area contributed by atoms with E-state index in [1.165, 1.54) is 7.11 Å². The largest absolute Gasteiger partial charge is 0.495 e. The molecule has 0 aliphatic heterocycles. The summed E-state index contributed by atoms with van der Waals surface area (Å²) in [6, 6.07) is 6.62. The molecular weight excluding hydrogens is 252 g/mol. The number of nitrogens with zero attached hydrogens (tertiary/aromatic N) is 1. The minimum atomic E-state index is -1.00. The van der Waals surface area contributed by atoms with Crippen LogP contribution in [0, 0.1) is 0 Å². The number of amides is 1. The normalized spacial score (nSPS) is 10.7. The van der Waals surface area contributed by atoms with Gasteiger partial charge in [-0.2, -0.15) is 0 Å². The number of carbonyl (C=O) groups is 2. The molecule has 0 fully saturated rings. The van der Waals surface area contributed by atoms with E-state index >= 15 is 0 Å². The molecule has 1 rings (SSSR count). The fourth-order valence-electron chi connectivity index (χ4n) is 1.31. The van der Waals surface area contributed by atoms with Crippen molar-refractivity contribution in [3.05, 3.63) is 24.3 Å². The summed E-state index contributed by atoms with van der Waals surface area (Å²) in [7, 11) is 1.44. The van der Waals surface area contributed by atoms with Crippen molar-refractivity contribution in [1.29, 1.82) is 0 Å². The molecule has 0 radical (unpaired) electrons. The molecule has 0 heterocycles. The molecule has 0 saturated carbocycles. The van der Waals surface area contributed by atoms with E-state index in [1.807, 2.05) is 0 Å². The van der Waals surface area contributed by atoms with Gasteiger partial charge in [0.1, 0.15) is 5.75 Å². The molecule has 7 nitrogen and oxygen atoms in total. The number of para-hydroxylation sites is 2. The van der Waals surface area contributed by atoms with E-state index in [1.54, 1.807) is 31.2 Å². The third kappa shape index (κ3) is 3.70. The van der Waals surface area contributed by atoms with Gasteiger partial charge in [-0.25, -0.2) is 4.79 Å². The van der Waals surface area contributed by atoms with Crippen LogP contribution in [0.5, 0.6) is 5.75 Å². The molecule has 1 aromatic carbocycles. The fraction of sp³-hybridized carbons (Fsp3) is 0.250. The summed E-state index contributed by atoms with van der Waals surface area (Å²) in [6.07, 6.45) is 0. The van der Waals surface area contributed by atoms with Crippen molar-refractivity contribution in [1.82, 2.24) is 0 Å². The second kappa shape index (κ2) is 7.00. The molecule has 1 amide bonds. The Hall–Kier alpha value is -2.57. The second-order valence-corrected chi connectivity index (χ2v) is 3.32. The molecule has 0 saturated heterocycles. The van der Waals surface area contributed by atoms with E-state index in [9.17, 15) is 9.59 Å². The monoisotopic (exact) mass is 266 g/mol. The zero-order valence-electron chi connectivity index (χ0n) is 10.5. The molecule has 2 N–H and O–H groups in total. The summed E-state index contributed by atoms with van der Waals surface area (Å²) < 4.78 is 9.62. The lowest BCUT2D eigenvalue weighted by Crippen LogP contribution is -2.31. The first kappa shape index (κ1) is 14.5. The highest BCUT2D eigenvalue weighted by Gasteiger charge is 2.23. The lowest BCUT2D eigenvalue weighted by molar-refractivity contribution is -0.135. The van der Waals surface area contributed by atoms with Crippen molar-refractivity contribution < 1.29 is 24.3 Å². The third-order valence-corrected chi connectivity index (χ3v) is 2.14. The minimum absolute atomic E-state index is 0.0692. The van der Waals surface area contributed by atoms with E-state index in [0.29, 0.717) is 11.4 Å². The Morgan fingerprint density at radius 3 is 2.63 bits per heavy atom. The smallest absolute Gasteiger partial charge is 0.366 e. The Morgan fingerprint density at radius 1 is 1.37 bits per heavy atom. The Labute approximate surface area is 109 Å². The van der Waals surface area contributed by atoms with Gasteiger partial charge in [0.2, 0.25) is 0 Å². The Kier molecular flexibility index (Phi) is 5.34. The van der Waals surface area contributed by atoms with Gasteiger partial charge >= 0.3 is 5.97 Å².